The van der Waals surface area contributed by atoms with E-state index in [9.17, 15) is 4.79 Å². The highest BCUT2D eigenvalue weighted by molar-refractivity contribution is 5.70. The lowest BCUT2D eigenvalue weighted by Gasteiger charge is -2.13. The van der Waals surface area contributed by atoms with Gasteiger partial charge in [0.2, 0.25) is 0 Å². The minimum absolute atomic E-state index is 0.0153. The molecule has 16 heavy (non-hydrogen) atoms. The third-order valence-corrected chi connectivity index (χ3v) is 2.06. The van der Waals surface area contributed by atoms with Gasteiger partial charge in [-0.15, -0.1) is 12.3 Å². The molecule has 4 nitrogen and oxygen atoms in total. The van der Waals surface area contributed by atoms with Gasteiger partial charge in [-0.2, -0.15) is 0 Å². The molecule has 4 heteroatoms. The second kappa shape index (κ2) is 10.5. The SMILES string of the molecule is C#CCC(CC)NCCOCC(=O)OCC. The van der Waals surface area contributed by atoms with Crippen molar-refractivity contribution in [3.63, 3.8) is 0 Å². The van der Waals surface area contributed by atoms with E-state index in [1.807, 2.05) is 0 Å². The Morgan fingerprint density at radius 3 is 2.81 bits per heavy atom. The van der Waals surface area contributed by atoms with Crippen molar-refractivity contribution >= 4 is 5.97 Å². The minimum atomic E-state index is -0.321. The second-order valence-corrected chi connectivity index (χ2v) is 3.33. The number of nitrogens with one attached hydrogen (secondary N) is 1. The first-order valence-corrected chi connectivity index (χ1v) is 5.64. The molecule has 0 aliphatic carbocycles. The Kier molecular flexibility index (Phi) is 9.78. The highest BCUT2D eigenvalue weighted by Gasteiger charge is 2.04. The van der Waals surface area contributed by atoms with Gasteiger partial charge < -0.3 is 14.8 Å². The number of carbonyl (C=O) groups excluding carboxylic acids is 1. The number of terminal acetylenes is 1. The van der Waals surface area contributed by atoms with Gasteiger partial charge in [0.1, 0.15) is 6.61 Å². The van der Waals surface area contributed by atoms with Crippen LogP contribution >= 0.6 is 0 Å². The first kappa shape index (κ1) is 14.9. The molecular weight excluding hydrogens is 206 g/mol. The summed E-state index contributed by atoms with van der Waals surface area (Å²) in [4.78, 5) is 10.9. The third-order valence-electron chi connectivity index (χ3n) is 2.06. The van der Waals surface area contributed by atoms with Crippen molar-refractivity contribution in [1.29, 1.82) is 0 Å². The Labute approximate surface area is 97.7 Å². The quantitative estimate of drug-likeness (QED) is 0.362. The molecule has 0 saturated heterocycles. The predicted molar refractivity (Wildman–Crippen MR) is 63.0 cm³/mol. The highest BCUT2D eigenvalue weighted by Crippen LogP contribution is 1.94. The highest BCUT2D eigenvalue weighted by atomic mass is 16.6. The van der Waals surface area contributed by atoms with E-state index in [1.54, 1.807) is 6.92 Å². The van der Waals surface area contributed by atoms with Crippen LogP contribution in [0, 0.1) is 12.3 Å². The summed E-state index contributed by atoms with van der Waals surface area (Å²) in [5.74, 6) is 2.30. The Hall–Kier alpha value is -1.05. The number of hydrogen-bond donors (Lipinski definition) is 1. The maximum atomic E-state index is 10.9. The molecule has 0 heterocycles. The van der Waals surface area contributed by atoms with Crippen LogP contribution < -0.4 is 5.32 Å². The van der Waals surface area contributed by atoms with E-state index < -0.39 is 0 Å². The summed E-state index contributed by atoms with van der Waals surface area (Å²) in [6.45, 7) is 5.43. The summed E-state index contributed by atoms with van der Waals surface area (Å²) < 4.78 is 9.85. The Bertz CT molecular complexity index is 223. The minimum Gasteiger partial charge on any atom is -0.464 e. The normalized spacial score (nSPS) is 11.8. The lowest BCUT2D eigenvalue weighted by atomic mass is 10.1. The van der Waals surface area contributed by atoms with E-state index in [0.717, 1.165) is 6.42 Å². The molecule has 0 bridgehead atoms. The molecule has 0 aliphatic rings. The summed E-state index contributed by atoms with van der Waals surface area (Å²) in [5, 5.41) is 3.26. The zero-order valence-electron chi connectivity index (χ0n) is 10.1. The number of rotatable bonds is 9. The first-order chi connectivity index (χ1) is 7.74. The van der Waals surface area contributed by atoms with Gasteiger partial charge in [0, 0.05) is 19.0 Å². The van der Waals surface area contributed by atoms with Gasteiger partial charge in [-0.25, -0.2) is 4.79 Å². The molecule has 1 unspecified atom stereocenters. The molecule has 0 saturated carbocycles. The molecule has 1 atom stereocenters. The summed E-state index contributed by atoms with van der Waals surface area (Å²) in [7, 11) is 0. The van der Waals surface area contributed by atoms with Crippen LogP contribution in [0.25, 0.3) is 0 Å². The molecule has 0 rings (SSSR count). The molecule has 1 N–H and O–H groups in total. The van der Waals surface area contributed by atoms with Crippen LogP contribution in [0.1, 0.15) is 26.7 Å². The fourth-order valence-corrected chi connectivity index (χ4v) is 1.20. The van der Waals surface area contributed by atoms with E-state index in [-0.39, 0.29) is 12.6 Å². The van der Waals surface area contributed by atoms with Gasteiger partial charge in [0.05, 0.1) is 13.2 Å². The predicted octanol–water partition coefficient (Wildman–Crippen LogP) is 0.958. The maximum absolute atomic E-state index is 10.9. The fraction of sp³-hybridized carbons (Fsp3) is 0.750. The van der Waals surface area contributed by atoms with Gasteiger partial charge in [-0.05, 0) is 13.3 Å². The third kappa shape index (κ3) is 8.27. The maximum Gasteiger partial charge on any atom is 0.332 e. The van der Waals surface area contributed by atoms with Crippen LogP contribution in [0.15, 0.2) is 0 Å². The number of esters is 1. The smallest absolute Gasteiger partial charge is 0.332 e. The van der Waals surface area contributed by atoms with Crippen LogP contribution in [0.3, 0.4) is 0 Å². The van der Waals surface area contributed by atoms with Gasteiger partial charge in [-0.1, -0.05) is 6.92 Å². The van der Waals surface area contributed by atoms with Crippen molar-refractivity contribution in [1.82, 2.24) is 5.32 Å². The molecular formula is C12H21NO3. The van der Waals surface area contributed by atoms with Crippen molar-refractivity contribution in [2.75, 3.05) is 26.4 Å². The monoisotopic (exact) mass is 227 g/mol. The van der Waals surface area contributed by atoms with Crippen molar-refractivity contribution in [3.05, 3.63) is 0 Å². The number of ether oxygens (including phenoxy) is 2. The van der Waals surface area contributed by atoms with Crippen molar-refractivity contribution in [3.8, 4) is 12.3 Å². The van der Waals surface area contributed by atoms with Crippen LogP contribution in [-0.2, 0) is 14.3 Å². The molecule has 0 aliphatic heterocycles. The van der Waals surface area contributed by atoms with E-state index in [2.05, 4.69) is 18.2 Å². The zero-order chi connectivity index (χ0) is 12.2. The topological polar surface area (TPSA) is 47.6 Å². The Morgan fingerprint density at radius 2 is 2.25 bits per heavy atom. The number of carbonyl (C=O) groups is 1. The average Bonchev–Trinajstić information content (AvgIpc) is 2.27. The summed E-state index contributed by atoms with van der Waals surface area (Å²) in [6, 6.07) is 0.330. The zero-order valence-corrected chi connectivity index (χ0v) is 10.1. The van der Waals surface area contributed by atoms with Gasteiger partial charge >= 0.3 is 5.97 Å². The molecule has 0 radical (unpaired) electrons. The van der Waals surface area contributed by atoms with E-state index in [4.69, 9.17) is 15.9 Å². The summed E-state index contributed by atoms with van der Waals surface area (Å²) >= 11 is 0. The van der Waals surface area contributed by atoms with E-state index in [1.165, 1.54) is 0 Å². The Morgan fingerprint density at radius 1 is 1.50 bits per heavy atom. The van der Waals surface area contributed by atoms with E-state index in [0.29, 0.717) is 32.2 Å². The van der Waals surface area contributed by atoms with Crippen LogP contribution in [0.5, 0.6) is 0 Å². The van der Waals surface area contributed by atoms with Crippen LogP contribution in [0.4, 0.5) is 0 Å². The van der Waals surface area contributed by atoms with Gasteiger partial charge in [0.25, 0.3) is 0 Å². The fourth-order valence-electron chi connectivity index (χ4n) is 1.20. The molecule has 0 aromatic heterocycles. The molecule has 0 aromatic carbocycles. The number of hydrogen-bond acceptors (Lipinski definition) is 4. The van der Waals surface area contributed by atoms with Gasteiger partial charge in [0.15, 0.2) is 0 Å². The van der Waals surface area contributed by atoms with Crippen molar-refractivity contribution in [2.45, 2.75) is 32.7 Å². The van der Waals surface area contributed by atoms with Crippen LogP contribution in [0.2, 0.25) is 0 Å². The first-order valence-electron chi connectivity index (χ1n) is 5.64. The molecule has 0 aromatic rings. The van der Waals surface area contributed by atoms with Crippen molar-refractivity contribution < 1.29 is 14.3 Å². The summed E-state index contributed by atoms with van der Waals surface area (Å²) in [5.41, 5.74) is 0. The molecule has 0 spiro atoms. The second-order valence-electron chi connectivity index (χ2n) is 3.33. The van der Waals surface area contributed by atoms with E-state index >= 15 is 0 Å². The lowest BCUT2D eigenvalue weighted by molar-refractivity contribution is -0.148. The largest absolute Gasteiger partial charge is 0.464 e. The van der Waals surface area contributed by atoms with Gasteiger partial charge in [-0.3, -0.25) is 0 Å². The average molecular weight is 227 g/mol. The Balaban J connectivity index is 3.38. The molecule has 0 amide bonds. The van der Waals surface area contributed by atoms with Crippen molar-refractivity contribution in [2.24, 2.45) is 0 Å². The molecule has 92 valence electrons. The standard InChI is InChI=1S/C12H21NO3/c1-4-7-11(5-2)13-8-9-15-10-12(14)16-6-3/h1,11,13H,5-10H2,2-3H3. The lowest BCUT2D eigenvalue weighted by Crippen LogP contribution is -2.31. The van der Waals surface area contributed by atoms with Crippen LogP contribution in [-0.4, -0.2) is 38.4 Å². The summed E-state index contributed by atoms with van der Waals surface area (Å²) in [6.07, 6.45) is 6.93. The molecule has 0 fully saturated rings.